The molecule has 0 aromatic heterocycles. The van der Waals surface area contributed by atoms with Crippen molar-refractivity contribution in [1.29, 1.82) is 0 Å². The van der Waals surface area contributed by atoms with Gasteiger partial charge >= 0.3 is 0 Å². The Bertz CT molecular complexity index is 354. The molecule has 0 radical (unpaired) electrons. The highest BCUT2D eigenvalue weighted by atomic mass is 19.1. The minimum Gasteiger partial charge on any atom is -0.317 e. The lowest BCUT2D eigenvalue weighted by atomic mass is 10.00. The molecule has 17 heavy (non-hydrogen) atoms. The van der Waals surface area contributed by atoms with Gasteiger partial charge in [-0.2, -0.15) is 0 Å². The minimum absolute atomic E-state index is 0.169. The first kappa shape index (κ1) is 12.5. The molecule has 1 saturated carbocycles. The van der Waals surface area contributed by atoms with Crippen molar-refractivity contribution in [1.82, 2.24) is 5.32 Å². The van der Waals surface area contributed by atoms with E-state index in [1.807, 2.05) is 7.05 Å². The van der Waals surface area contributed by atoms with Crippen LogP contribution < -0.4 is 5.32 Å². The molecule has 1 fully saturated rings. The number of nitrogens with one attached hydrogen (secondary N) is 1. The molecule has 94 valence electrons. The zero-order valence-electron chi connectivity index (χ0n) is 10.2. The lowest BCUT2D eigenvalue weighted by Gasteiger charge is -2.16. The molecule has 0 saturated heterocycles. The maximum absolute atomic E-state index is 13.5. The van der Waals surface area contributed by atoms with Crippen LogP contribution in [0.25, 0.3) is 0 Å². The van der Waals surface area contributed by atoms with Crippen molar-refractivity contribution in [3.8, 4) is 0 Å². The van der Waals surface area contributed by atoms with Crippen molar-refractivity contribution < 1.29 is 8.78 Å². The molecule has 1 nitrogen and oxygen atoms in total. The van der Waals surface area contributed by atoms with E-state index in [1.54, 1.807) is 0 Å². The summed E-state index contributed by atoms with van der Waals surface area (Å²) in [6, 6.07) is 4.23. The van der Waals surface area contributed by atoms with Crippen LogP contribution in [0.1, 0.15) is 31.2 Å². The van der Waals surface area contributed by atoms with Crippen LogP contribution >= 0.6 is 0 Å². The van der Waals surface area contributed by atoms with E-state index in [2.05, 4.69) is 5.32 Å². The average Bonchev–Trinajstić information content (AvgIpc) is 3.12. The Morgan fingerprint density at radius 1 is 1.29 bits per heavy atom. The van der Waals surface area contributed by atoms with E-state index in [1.165, 1.54) is 37.5 Å². The Labute approximate surface area is 101 Å². The van der Waals surface area contributed by atoms with Gasteiger partial charge in [-0.15, -0.1) is 0 Å². The average molecular weight is 239 g/mol. The van der Waals surface area contributed by atoms with Crippen LogP contribution in [0.5, 0.6) is 0 Å². The molecule has 0 amide bonds. The van der Waals surface area contributed by atoms with Crippen molar-refractivity contribution in [2.45, 2.75) is 38.1 Å². The molecule has 2 rings (SSSR count). The highest BCUT2D eigenvalue weighted by molar-refractivity contribution is 5.20. The summed E-state index contributed by atoms with van der Waals surface area (Å²) in [6.07, 6.45) is 5.24. The molecule has 1 aliphatic rings. The molecule has 1 N–H and O–H groups in total. The van der Waals surface area contributed by atoms with Gasteiger partial charge in [-0.05, 0) is 44.4 Å². The second-order valence-corrected chi connectivity index (χ2v) is 4.91. The van der Waals surface area contributed by atoms with Crippen LogP contribution in [-0.4, -0.2) is 13.1 Å². The Morgan fingerprint density at radius 3 is 2.47 bits per heavy atom. The maximum Gasteiger partial charge on any atom is 0.129 e. The third kappa shape index (κ3) is 3.50. The molecule has 1 aromatic carbocycles. The Hall–Kier alpha value is -0.960. The van der Waals surface area contributed by atoms with E-state index >= 15 is 0 Å². The van der Waals surface area contributed by atoms with Gasteiger partial charge in [-0.25, -0.2) is 8.78 Å². The van der Waals surface area contributed by atoms with E-state index in [-0.39, 0.29) is 11.6 Å². The van der Waals surface area contributed by atoms with Crippen molar-refractivity contribution in [3.05, 3.63) is 35.4 Å². The SMILES string of the molecule is CNC(CCC1CC1)Cc1c(F)cccc1F. The fourth-order valence-corrected chi connectivity index (χ4v) is 2.17. The van der Waals surface area contributed by atoms with Gasteiger partial charge < -0.3 is 5.32 Å². The van der Waals surface area contributed by atoms with E-state index in [0.29, 0.717) is 6.42 Å². The lowest BCUT2D eigenvalue weighted by Crippen LogP contribution is -2.28. The quantitative estimate of drug-likeness (QED) is 0.803. The summed E-state index contributed by atoms with van der Waals surface area (Å²) in [4.78, 5) is 0. The van der Waals surface area contributed by atoms with Crippen molar-refractivity contribution in [2.24, 2.45) is 5.92 Å². The Kier molecular flexibility index (Phi) is 4.11. The van der Waals surface area contributed by atoms with Gasteiger partial charge in [-0.1, -0.05) is 18.9 Å². The second kappa shape index (κ2) is 5.58. The van der Waals surface area contributed by atoms with Crippen molar-refractivity contribution >= 4 is 0 Å². The van der Waals surface area contributed by atoms with Gasteiger partial charge in [0.15, 0.2) is 0 Å². The van der Waals surface area contributed by atoms with Crippen molar-refractivity contribution in [3.63, 3.8) is 0 Å². The number of hydrogen-bond donors (Lipinski definition) is 1. The number of halogens is 2. The number of rotatable bonds is 6. The first-order chi connectivity index (χ1) is 8.20. The van der Waals surface area contributed by atoms with Gasteiger partial charge in [0, 0.05) is 11.6 Å². The highest BCUT2D eigenvalue weighted by Gasteiger charge is 2.23. The molecule has 1 aliphatic carbocycles. The zero-order valence-corrected chi connectivity index (χ0v) is 10.2. The van der Waals surface area contributed by atoms with Gasteiger partial charge in [0.2, 0.25) is 0 Å². The first-order valence-corrected chi connectivity index (χ1v) is 6.31. The van der Waals surface area contributed by atoms with Crippen LogP contribution in [-0.2, 0) is 6.42 Å². The Morgan fingerprint density at radius 2 is 1.94 bits per heavy atom. The number of hydrogen-bond acceptors (Lipinski definition) is 1. The molecule has 0 spiro atoms. The molecule has 3 heteroatoms. The van der Waals surface area contributed by atoms with Crippen LogP contribution in [0.2, 0.25) is 0 Å². The van der Waals surface area contributed by atoms with Gasteiger partial charge in [-0.3, -0.25) is 0 Å². The summed E-state index contributed by atoms with van der Waals surface area (Å²) < 4.78 is 27.0. The predicted molar refractivity (Wildman–Crippen MR) is 64.9 cm³/mol. The summed E-state index contributed by atoms with van der Waals surface area (Å²) in [7, 11) is 1.86. The summed E-state index contributed by atoms with van der Waals surface area (Å²) in [6.45, 7) is 0. The first-order valence-electron chi connectivity index (χ1n) is 6.31. The van der Waals surface area contributed by atoms with E-state index < -0.39 is 11.6 Å². The fourth-order valence-electron chi connectivity index (χ4n) is 2.17. The molecule has 0 aliphatic heterocycles. The minimum atomic E-state index is -0.434. The van der Waals surface area contributed by atoms with Gasteiger partial charge in [0.25, 0.3) is 0 Å². The molecule has 1 atom stereocenters. The molecule has 1 unspecified atom stereocenters. The molecular weight excluding hydrogens is 220 g/mol. The fraction of sp³-hybridized carbons (Fsp3) is 0.571. The highest BCUT2D eigenvalue weighted by Crippen LogP contribution is 2.34. The van der Waals surface area contributed by atoms with Crippen LogP contribution in [0.4, 0.5) is 8.78 Å². The van der Waals surface area contributed by atoms with Crippen LogP contribution in [0.3, 0.4) is 0 Å². The third-order valence-electron chi connectivity index (χ3n) is 3.54. The summed E-state index contributed by atoms with van der Waals surface area (Å²) >= 11 is 0. The second-order valence-electron chi connectivity index (χ2n) is 4.91. The largest absolute Gasteiger partial charge is 0.317 e. The number of benzene rings is 1. The van der Waals surface area contributed by atoms with E-state index in [0.717, 1.165) is 12.3 Å². The molecule has 0 bridgehead atoms. The van der Waals surface area contributed by atoms with Gasteiger partial charge in [0.1, 0.15) is 11.6 Å². The monoisotopic (exact) mass is 239 g/mol. The van der Waals surface area contributed by atoms with Crippen molar-refractivity contribution in [2.75, 3.05) is 7.05 Å². The smallest absolute Gasteiger partial charge is 0.129 e. The number of likely N-dealkylation sites (N-methyl/N-ethyl adjacent to an activating group) is 1. The molecule has 1 aromatic rings. The third-order valence-corrected chi connectivity index (χ3v) is 3.54. The predicted octanol–water partition coefficient (Wildman–Crippen LogP) is 3.29. The zero-order chi connectivity index (χ0) is 12.3. The van der Waals surface area contributed by atoms with Crippen LogP contribution in [0, 0.1) is 17.6 Å². The molecular formula is C14H19F2N. The topological polar surface area (TPSA) is 12.0 Å². The summed E-state index contributed by atoms with van der Waals surface area (Å²) in [5.41, 5.74) is 0.211. The standard InChI is InChI=1S/C14H19F2N/c1-17-11(8-7-10-5-6-10)9-12-13(15)3-2-4-14(12)16/h2-4,10-11,17H,5-9H2,1H3. The summed E-state index contributed by atoms with van der Waals surface area (Å²) in [5, 5.41) is 3.15. The van der Waals surface area contributed by atoms with E-state index in [4.69, 9.17) is 0 Å². The maximum atomic E-state index is 13.5. The van der Waals surface area contributed by atoms with E-state index in [9.17, 15) is 8.78 Å². The Balaban J connectivity index is 1.96. The van der Waals surface area contributed by atoms with Crippen LogP contribution in [0.15, 0.2) is 18.2 Å². The lowest BCUT2D eigenvalue weighted by molar-refractivity contribution is 0.461. The van der Waals surface area contributed by atoms with Gasteiger partial charge in [0.05, 0.1) is 0 Å². The summed E-state index contributed by atoms with van der Waals surface area (Å²) in [5.74, 6) is -0.00957. The molecule has 0 heterocycles. The normalized spacial score (nSPS) is 17.1.